The number of amides is 1. The highest BCUT2D eigenvalue weighted by Gasteiger charge is 2.49. The minimum atomic E-state index is 0.0502. The summed E-state index contributed by atoms with van der Waals surface area (Å²) in [6.45, 7) is 4.81. The summed E-state index contributed by atoms with van der Waals surface area (Å²) in [5.74, 6) is 0.0517. The van der Waals surface area contributed by atoms with E-state index in [0.29, 0.717) is 16.6 Å². The third-order valence-corrected chi connectivity index (χ3v) is 7.11. The van der Waals surface area contributed by atoms with Gasteiger partial charge in [0.1, 0.15) is 0 Å². The van der Waals surface area contributed by atoms with Crippen molar-refractivity contribution in [1.29, 1.82) is 0 Å². The minimum absolute atomic E-state index is 0.0502. The van der Waals surface area contributed by atoms with E-state index in [1.165, 1.54) is 29.8 Å². The number of piperidine rings is 1. The summed E-state index contributed by atoms with van der Waals surface area (Å²) in [5, 5.41) is 4.47. The number of rotatable bonds is 1. The van der Waals surface area contributed by atoms with Gasteiger partial charge >= 0.3 is 0 Å². The average molecular weight is 396 g/mol. The number of nitrogens with one attached hydrogen (secondary N) is 1. The second-order valence-corrected chi connectivity index (χ2v) is 8.83. The Kier molecular flexibility index (Phi) is 4.27. The molecule has 5 rings (SSSR count). The molecule has 1 N–H and O–H groups in total. The van der Waals surface area contributed by atoms with Crippen molar-refractivity contribution in [2.24, 2.45) is 0 Å². The summed E-state index contributed by atoms with van der Waals surface area (Å²) >= 11 is 6.26. The third-order valence-electron chi connectivity index (χ3n) is 6.78. The van der Waals surface area contributed by atoms with Crippen molar-refractivity contribution in [3.8, 4) is 0 Å². The molecule has 2 saturated heterocycles. The van der Waals surface area contributed by atoms with E-state index in [9.17, 15) is 4.79 Å². The van der Waals surface area contributed by atoms with E-state index in [-0.39, 0.29) is 11.4 Å². The first-order valence-corrected chi connectivity index (χ1v) is 10.6. The Bertz CT molecular complexity index is 920. The number of nitrogens with zero attached hydrogens (tertiary/aromatic N) is 2. The average Bonchev–Trinajstić information content (AvgIpc) is 3.19. The van der Waals surface area contributed by atoms with E-state index in [4.69, 9.17) is 11.6 Å². The normalized spacial score (nSPS) is 22.6. The first kappa shape index (κ1) is 17.9. The van der Waals surface area contributed by atoms with Gasteiger partial charge in [0, 0.05) is 19.6 Å². The van der Waals surface area contributed by atoms with E-state index in [2.05, 4.69) is 35.3 Å². The molecule has 1 atom stereocenters. The van der Waals surface area contributed by atoms with Gasteiger partial charge in [-0.05, 0) is 62.4 Å². The maximum atomic E-state index is 13.0. The van der Waals surface area contributed by atoms with Gasteiger partial charge in [-0.2, -0.15) is 0 Å². The second kappa shape index (κ2) is 6.70. The fourth-order valence-corrected chi connectivity index (χ4v) is 5.57. The van der Waals surface area contributed by atoms with Crippen LogP contribution in [0.5, 0.6) is 0 Å². The van der Waals surface area contributed by atoms with Crippen LogP contribution < -0.4 is 10.2 Å². The fourth-order valence-electron chi connectivity index (χ4n) is 5.35. The molecule has 3 aliphatic rings. The molecule has 1 amide bonds. The van der Waals surface area contributed by atoms with Crippen LogP contribution in [0.1, 0.15) is 41.6 Å². The molecule has 2 fully saturated rings. The summed E-state index contributed by atoms with van der Waals surface area (Å²) < 4.78 is 0. The number of anilines is 2. The van der Waals surface area contributed by atoms with Crippen molar-refractivity contribution in [2.45, 2.75) is 44.2 Å². The van der Waals surface area contributed by atoms with Gasteiger partial charge in [-0.15, -0.1) is 0 Å². The van der Waals surface area contributed by atoms with Gasteiger partial charge in [0.2, 0.25) is 0 Å². The van der Waals surface area contributed by atoms with Crippen LogP contribution in [0.25, 0.3) is 0 Å². The molecule has 0 aliphatic carbocycles. The quantitative estimate of drug-likeness (QED) is 0.759. The number of carbonyl (C=O) groups excluding carboxylic acids is 1. The molecule has 1 unspecified atom stereocenters. The molecular weight excluding hydrogens is 370 g/mol. The number of aryl methyl sites for hydroxylation is 1. The molecular formula is C23H26ClN3O. The highest BCUT2D eigenvalue weighted by Crippen LogP contribution is 2.47. The lowest BCUT2D eigenvalue weighted by Gasteiger charge is -2.53. The van der Waals surface area contributed by atoms with Gasteiger partial charge in [0.05, 0.1) is 33.5 Å². The van der Waals surface area contributed by atoms with Crippen molar-refractivity contribution in [3.63, 3.8) is 0 Å². The van der Waals surface area contributed by atoms with Crippen LogP contribution in [0.4, 0.5) is 11.4 Å². The van der Waals surface area contributed by atoms with Gasteiger partial charge in [0.25, 0.3) is 5.91 Å². The molecule has 2 aromatic rings. The van der Waals surface area contributed by atoms with Gasteiger partial charge in [0.15, 0.2) is 0 Å². The predicted molar refractivity (Wildman–Crippen MR) is 114 cm³/mol. The van der Waals surface area contributed by atoms with Crippen molar-refractivity contribution < 1.29 is 4.79 Å². The summed E-state index contributed by atoms with van der Waals surface area (Å²) in [7, 11) is 0. The molecule has 2 aromatic carbocycles. The number of benzene rings is 2. The summed E-state index contributed by atoms with van der Waals surface area (Å²) in [5.41, 5.74) is 4.54. The van der Waals surface area contributed by atoms with E-state index in [1.807, 2.05) is 23.1 Å². The summed E-state index contributed by atoms with van der Waals surface area (Å²) in [6.07, 6.45) is 4.40. The zero-order valence-electron chi connectivity index (χ0n) is 16.2. The van der Waals surface area contributed by atoms with Crippen LogP contribution in [0.2, 0.25) is 5.02 Å². The zero-order valence-corrected chi connectivity index (χ0v) is 17.0. The predicted octanol–water partition coefficient (Wildman–Crippen LogP) is 4.72. The lowest BCUT2D eigenvalue weighted by atomic mass is 9.77. The van der Waals surface area contributed by atoms with Crippen molar-refractivity contribution in [1.82, 2.24) is 4.90 Å². The monoisotopic (exact) mass is 395 g/mol. The minimum Gasteiger partial charge on any atom is -0.376 e. The first-order valence-electron chi connectivity index (χ1n) is 10.3. The maximum Gasteiger partial charge on any atom is 0.255 e. The lowest BCUT2D eigenvalue weighted by molar-refractivity contribution is 0.0666. The van der Waals surface area contributed by atoms with Crippen molar-refractivity contribution >= 4 is 28.9 Å². The third kappa shape index (κ3) is 2.77. The molecule has 3 aliphatic heterocycles. The summed E-state index contributed by atoms with van der Waals surface area (Å²) in [4.78, 5) is 17.6. The van der Waals surface area contributed by atoms with Crippen LogP contribution in [-0.4, -0.2) is 42.0 Å². The molecule has 0 aromatic heterocycles. The van der Waals surface area contributed by atoms with Gasteiger partial charge in [-0.3, -0.25) is 4.79 Å². The molecule has 0 saturated carbocycles. The Labute approximate surface area is 171 Å². The standard InChI is InChI=1S/C23H26ClN3O/c1-16-8-9-20-19(15-16)25-23(21-7-4-12-27(20)21)10-13-26(14-11-23)22(28)17-5-2-3-6-18(17)24/h2-3,5-6,8-9,15,21,25H,4,7,10-14H2,1H3. The number of carbonyl (C=O) groups is 1. The molecule has 4 nitrogen and oxygen atoms in total. The number of halogens is 1. The number of fused-ring (bicyclic) bond motifs is 4. The Hall–Kier alpha value is -2.20. The molecule has 5 heteroatoms. The largest absolute Gasteiger partial charge is 0.376 e. The van der Waals surface area contributed by atoms with E-state index in [0.717, 1.165) is 32.5 Å². The number of hydrogen-bond acceptors (Lipinski definition) is 3. The Morgan fingerprint density at radius 2 is 1.93 bits per heavy atom. The summed E-state index contributed by atoms with van der Waals surface area (Å²) in [6, 6.07) is 14.6. The van der Waals surface area contributed by atoms with Crippen LogP contribution in [-0.2, 0) is 0 Å². The topological polar surface area (TPSA) is 35.6 Å². The molecule has 146 valence electrons. The molecule has 3 heterocycles. The Morgan fingerprint density at radius 1 is 1.14 bits per heavy atom. The number of hydrogen-bond donors (Lipinski definition) is 1. The Morgan fingerprint density at radius 3 is 2.71 bits per heavy atom. The zero-order chi connectivity index (χ0) is 19.3. The number of likely N-dealkylation sites (tertiary alicyclic amines) is 1. The SMILES string of the molecule is Cc1ccc2c(c1)NC1(CCN(C(=O)c3ccccc3Cl)CC1)C1CCCN21. The highest BCUT2D eigenvalue weighted by molar-refractivity contribution is 6.33. The maximum absolute atomic E-state index is 13.0. The Balaban J connectivity index is 1.39. The second-order valence-electron chi connectivity index (χ2n) is 8.43. The lowest BCUT2D eigenvalue weighted by Crippen LogP contribution is -2.62. The van der Waals surface area contributed by atoms with Crippen LogP contribution in [0, 0.1) is 6.92 Å². The van der Waals surface area contributed by atoms with Crippen LogP contribution in [0.15, 0.2) is 42.5 Å². The smallest absolute Gasteiger partial charge is 0.255 e. The van der Waals surface area contributed by atoms with E-state index >= 15 is 0 Å². The van der Waals surface area contributed by atoms with Crippen molar-refractivity contribution in [2.75, 3.05) is 29.9 Å². The van der Waals surface area contributed by atoms with Gasteiger partial charge in [-0.1, -0.05) is 29.8 Å². The fraction of sp³-hybridized carbons (Fsp3) is 0.435. The van der Waals surface area contributed by atoms with E-state index in [1.54, 1.807) is 6.07 Å². The molecule has 0 radical (unpaired) electrons. The van der Waals surface area contributed by atoms with Crippen LogP contribution in [0.3, 0.4) is 0 Å². The molecule has 1 spiro atoms. The van der Waals surface area contributed by atoms with E-state index < -0.39 is 0 Å². The molecule has 28 heavy (non-hydrogen) atoms. The first-order chi connectivity index (χ1) is 13.6. The van der Waals surface area contributed by atoms with Crippen LogP contribution >= 0.6 is 11.6 Å². The van der Waals surface area contributed by atoms with Gasteiger partial charge < -0.3 is 15.1 Å². The highest BCUT2D eigenvalue weighted by atomic mass is 35.5. The molecule has 0 bridgehead atoms. The van der Waals surface area contributed by atoms with Crippen molar-refractivity contribution in [3.05, 3.63) is 58.6 Å². The van der Waals surface area contributed by atoms with Gasteiger partial charge in [-0.25, -0.2) is 0 Å².